The first kappa shape index (κ1) is 21.0. The smallest absolute Gasteiger partial charge is 0.410 e. The third-order valence-corrected chi connectivity index (χ3v) is 5.07. The van der Waals surface area contributed by atoms with Crippen molar-refractivity contribution in [1.82, 2.24) is 4.90 Å². The lowest BCUT2D eigenvalue weighted by Crippen LogP contribution is -2.42. The molecule has 26 heavy (non-hydrogen) atoms. The zero-order valence-corrected chi connectivity index (χ0v) is 16.7. The lowest BCUT2D eigenvalue weighted by molar-refractivity contribution is -0.147. The van der Waals surface area contributed by atoms with Crippen LogP contribution < -0.4 is 0 Å². The van der Waals surface area contributed by atoms with E-state index in [1.807, 2.05) is 20.8 Å². The van der Waals surface area contributed by atoms with Crippen LogP contribution in [0.25, 0.3) is 0 Å². The molecule has 0 aromatic heterocycles. The Kier molecular flexibility index (Phi) is 7.29. The fourth-order valence-electron chi connectivity index (χ4n) is 3.63. The normalized spacial score (nSPS) is 29.5. The first-order valence-corrected chi connectivity index (χ1v) is 9.45. The van der Waals surface area contributed by atoms with E-state index in [9.17, 15) is 9.59 Å². The zero-order valence-electron chi connectivity index (χ0n) is 16.7. The van der Waals surface area contributed by atoms with Gasteiger partial charge in [-0.05, 0) is 52.9 Å². The quantitative estimate of drug-likeness (QED) is 0.692. The van der Waals surface area contributed by atoms with E-state index < -0.39 is 5.60 Å². The van der Waals surface area contributed by atoms with E-state index in [0.717, 1.165) is 32.1 Å². The molecule has 7 heteroatoms. The maximum absolute atomic E-state index is 12.5. The van der Waals surface area contributed by atoms with Gasteiger partial charge in [0.25, 0.3) is 0 Å². The number of rotatable bonds is 5. The minimum absolute atomic E-state index is 0.00572. The van der Waals surface area contributed by atoms with Crippen LogP contribution in [0.3, 0.4) is 0 Å². The maximum atomic E-state index is 12.5. The molecule has 0 bridgehead atoms. The van der Waals surface area contributed by atoms with E-state index in [2.05, 4.69) is 0 Å². The summed E-state index contributed by atoms with van der Waals surface area (Å²) >= 11 is 0. The molecule has 1 amide bonds. The number of nitrogens with zero attached hydrogens (tertiary/aromatic N) is 1. The Bertz CT molecular complexity index is 481. The summed E-state index contributed by atoms with van der Waals surface area (Å²) in [5.74, 6) is -0.138. The molecule has 0 aromatic carbocycles. The molecule has 1 heterocycles. The third kappa shape index (κ3) is 5.84. The number of hydrogen-bond acceptors (Lipinski definition) is 6. The minimum atomic E-state index is -0.528. The maximum Gasteiger partial charge on any atom is 0.410 e. The summed E-state index contributed by atoms with van der Waals surface area (Å²) in [5, 5.41) is 0. The lowest BCUT2D eigenvalue weighted by Gasteiger charge is -2.31. The van der Waals surface area contributed by atoms with Gasteiger partial charge in [-0.1, -0.05) is 0 Å². The predicted octanol–water partition coefficient (Wildman–Crippen LogP) is 2.76. The highest BCUT2D eigenvalue weighted by Crippen LogP contribution is 2.29. The number of likely N-dealkylation sites (tertiary alicyclic amines) is 1. The molecule has 1 aliphatic heterocycles. The Morgan fingerprint density at radius 3 is 2.23 bits per heavy atom. The average Bonchev–Trinajstić information content (AvgIpc) is 3.02. The van der Waals surface area contributed by atoms with Gasteiger partial charge in [-0.3, -0.25) is 4.79 Å². The second kappa shape index (κ2) is 9.04. The number of hydrogen-bond donors (Lipinski definition) is 0. The number of ether oxygens (including phenoxy) is 4. The lowest BCUT2D eigenvalue weighted by atomic mass is 9.87. The summed E-state index contributed by atoms with van der Waals surface area (Å²) in [6.07, 6.45) is 3.81. The van der Waals surface area contributed by atoms with Crippen molar-refractivity contribution in [2.24, 2.45) is 5.92 Å². The van der Waals surface area contributed by atoms with E-state index in [4.69, 9.17) is 18.9 Å². The Morgan fingerprint density at radius 1 is 1.04 bits per heavy atom. The number of carbonyl (C=O) groups is 2. The summed E-state index contributed by atoms with van der Waals surface area (Å²) in [6, 6.07) is -0.0480. The summed E-state index contributed by atoms with van der Waals surface area (Å²) in [5.41, 5.74) is -0.528. The van der Waals surface area contributed by atoms with Crippen molar-refractivity contribution in [3.63, 3.8) is 0 Å². The van der Waals surface area contributed by atoms with Crippen LogP contribution in [-0.4, -0.2) is 68.2 Å². The zero-order chi connectivity index (χ0) is 19.3. The molecule has 1 saturated heterocycles. The van der Waals surface area contributed by atoms with Gasteiger partial charge in [0.05, 0.1) is 44.4 Å². The van der Waals surface area contributed by atoms with Crippen molar-refractivity contribution in [2.45, 2.75) is 76.7 Å². The van der Waals surface area contributed by atoms with Crippen molar-refractivity contribution in [3.05, 3.63) is 0 Å². The Labute approximate surface area is 156 Å². The van der Waals surface area contributed by atoms with Crippen LogP contribution in [0.15, 0.2) is 0 Å². The molecule has 1 aliphatic carbocycles. The average molecular weight is 371 g/mol. The molecular formula is C19H33NO6. The van der Waals surface area contributed by atoms with Gasteiger partial charge in [-0.15, -0.1) is 0 Å². The molecule has 2 fully saturated rings. The first-order valence-electron chi connectivity index (χ1n) is 9.45. The Balaban J connectivity index is 1.84. The van der Waals surface area contributed by atoms with Gasteiger partial charge >= 0.3 is 12.1 Å². The molecule has 2 atom stereocenters. The van der Waals surface area contributed by atoms with Crippen molar-refractivity contribution in [3.8, 4) is 0 Å². The van der Waals surface area contributed by atoms with Crippen molar-refractivity contribution >= 4 is 12.1 Å². The fourth-order valence-corrected chi connectivity index (χ4v) is 3.63. The van der Waals surface area contributed by atoms with Crippen molar-refractivity contribution < 1.29 is 28.5 Å². The van der Waals surface area contributed by atoms with Gasteiger partial charge in [0.1, 0.15) is 5.60 Å². The van der Waals surface area contributed by atoms with Crippen LogP contribution in [-0.2, 0) is 23.7 Å². The van der Waals surface area contributed by atoms with E-state index >= 15 is 0 Å². The van der Waals surface area contributed by atoms with Gasteiger partial charge in [0.2, 0.25) is 0 Å². The van der Waals surface area contributed by atoms with Gasteiger partial charge in [-0.2, -0.15) is 0 Å². The monoisotopic (exact) mass is 371 g/mol. The first-order chi connectivity index (χ1) is 12.2. The highest BCUT2D eigenvalue weighted by atomic mass is 16.6. The van der Waals surface area contributed by atoms with Crippen LogP contribution in [0.4, 0.5) is 4.79 Å². The largest absolute Gasteiger partial charge is 0.469 e. The highest BCUT2D eigenvalue weighted by Gasteiger charge is 2.38. The molecule has 0 aromatic rings. The van der Waals surface area contributed by atoms with Crippen LogP contribution in [0.2, 0.25) is 0 Å². The number of esters is 1. The molecule has 0 radical (unpaired) electrons. The molecule has 0 spiro atoms. The van der Waals surface area contributed by atoms with Gasteiger partial charge < -0.3 is 23.8 Å². The van der Waals surface area contributed by atoms with Crippen LogP contribution in [0.1, 0.15) is 52.9 Å². The van der Waals surface area contributed by atoms with E-state index in [1.54, 1.807) is 12.0 Å². The molecule has 2 rings (SSSR count). The molecule has 0 N–H and O–H groups in total. The summed E-state index contributed by atoms with van der Waals surface area (Å²) in [7, 11) is 3.09. The molecule has 7 nitrogen and oxygen atoms in total. The molecule has 2 aliphatic rings. The van der Waals surface area contributed by atoms with E-state index in [1.165, 1.54) is 7.11 Å². The third-order valence-electron chi connectivity index (χ3n) is 5.07. The fraction of sp³-hybridized carbons (Fsp3) is 0.895. The minimum Gasteiger partial charge on any atom is -0.469 e. The standard InChI is InChI=1S/C19H33NO6/c1-19(2,3)26-18(22)20-11-16(23-4)10-14(20)12-25-15-8-6-13(7-9-15)17(21)24-5/h13-16H,6-12H2,1-5H3/t13-,14-,15-,16+/m0/s1. The molecule has 150 valence electrons. The molecule has 0 unspecified atom stereocenters. The van der Waals surface area contributed by atoms with Gasteiger partial charge in [0.15, 0.2) is 0 Å². The van der Waals surface area contributed by atoms with Crippen LogP contribution in [0.5, 0.6) is 0 Å². The van der Waals surface area contributed by atoms with Gasteiger partial charge in [0, 0.05) is 7.11 Å². The number of methoxy groups -OCH3 is 2. The van der Waals surface area contributed by atoms with Gasteiger partial charge in [-0.25, -0.2) is 4.79 Å². The Hall–Kier alpha value is -1.34. The van der Waals surface area contributed by atoms with E-state index in [0.29, 0.717) is 13.2 Å². The SMILES string of the molecule is COC(=O)[C@H]1CC[C@H](OC[C@@H]2C[C@@H](OC)CN2C(=O)OC(C)(C)C)CC1. The van der Waals surface area contributed by atoms with E-state index in [-0.39, 0.29) is 36.2 Å². The van der Waals surface area contributed by atoms with Crippen molar-refractivity contribution in [1.29, 1.82) is 0 Å². The predicted molar refractivity (Wildman–Crippen MR) is 95.9 cm³/mol. The second-order valence-electron chi connectivity index (χ2n) is 8.21. The Morgan fingerprint density at radius 2 is 1.69 bits per heavy atom. The number of carbonyl (C=O) groups excluding carboxylic acids is 2. The topological polar surface area (TPSA) is 74.3 Å². The summed E-state index contributed by atoms with van der Waals surface area (Å²) < 4.78 is 21.8. The molecular weight excluding hydrogens is 338 g/mol. The van der Waals surface area contributed by atoms with Crippen LogP contribution >= 0.6 is 0 Å². The number of amides is 1. The second-order valence-corrected chi connectivity index (χ2v) is 8.21. The highest BCUT2D eigenvalue weighted by molar-refractivity contribution is 5.72. The summed E-state index contributed by atoms with van der Waals surface area (Å²) in [6.45, 7) is 6.57. The van der Waals surface area contributed by atoms with Crippen molar-refractivity contribution in [2.75, 3.05) is 27.4 Å². The van der Waals surface area contributed by atoms with Crippen LogP contribution in [0, 0.1) is 5.92 Å². The summed E-state index contributed by atoms with van der Waals surface area (Å²) in [4.78, 5) is 25.8. The molecule has 1 saturated carbocycles.